The maximum atomic E-state index is 11.2. The lowest BCUT2D eigenvalue weighted by molar-refractivity contribution is 0.388. The highest BCUT2D eigenvalue weighted by atomic mass is 32.1. The number of H-pyrrole nitrogens is 1. The molecule has 0 aliphatic heterocycles. The van der Waals surface area contributed by atoms with Crippen LogP contribution in [0.1, 0.15) is 25.3 Å². The summed E-state index contributed by atoms with van der Waals surface area (Å²) in [5, 5.41) is 6.84. The molecule has 8 heteroatoms. The molecular formula is C23H24N4O3S. The fourth-order valence-corrected chi connectivity index (χ4v) is 4.10. The summed E-state index contributed by atoms with van der Waals surface area (Å²) < 4.78 is 9.83. The zero-order valence-corrected chi connectivity index (χ0v) is 18.3. The first-order chi connectivity index (χ1) is 15.2. The first kappa shape index (κ1) is 20.9. The SMILES string of the molecule is CCCCN(Cc1ccc(-c2noc(=O)[nH]2)cc1)c1nc(-c2ccc(OC)cc2)cs1. The summed E-state index contributed by atoms with van der Waals surface area (Å²) in [5.41, 5.74) is 4.01. The summed E-state index contributed by atoms with van der Waals surface area (Å²) in [5.74, 6) is 0.714. The van der Waals surface area contributed by atoms with Gasteiger partial charge in [0.05, 0.1) is 12.8 Å². The molecule has 31 heavy (non-hydrogen) atoms. The van der Waals surface area contributed by atoms with E-state index < -0.39 is 5.76 Å². The number of anilines is 1. The Labute approximate surface area is 184 Å². The average molecular weight is 437 g/mol. The molecule has 0 spiro atoms. The summed E-state index contributed by atoms with van der Waals surface area (Å²) in [4.78, 5) is 20.9. The second kappa shape index (κ2) is 9.61. The van der Waals surface area contributed by atoms with E-state index in [1.165, 1.54) is 0 Å². The zero-order valence-electron chi connectivity index (χ0n) is 17.5. The van der Waals surface area contributed by atoms with E-state index in [0.717, 1.165) is 59.2 Å². The molecule has 1 N–H and O–H groups in total. The normalized spacial score (nSPS) is 10.9. The number of unbranched alkanes of at least 4 members (excludes halogenated alkanes) is 1. The number of ether oxygens (including phenoxy) is 1. The molecule has 0 aliphatic carbocycles. The van der Waals surface area contributed by atoms with Crippen LogP contribution in [0.25, 0.3) is 22.6 Å². The van der Waals surface area contributed by atoms with Crippen LogP contribution in [0.2, 0.25) is 0 Å². The number of thiazole rings is 1. The number of methoxy groups -OCH3 is 1. The van der Waals surface area contributed by atoms with Gasteiger partial charge in [-0.2, -0.15) is 0 Å². The molecule has 0 fully saturated rings. The number of hydrogen-bond acceptors (Lipinski definition) is 7. The van der Waals surface area contributed by atoms with E-state index in [0.29, 0.717) is 5.82 Å². The van der Waals surface area contributed by atoms with Crippen molar-refractivity contribution >= 4 is 16.5 Å². The Morgan fingerprint density at radius 1 is 1.10 bits per heavy atom. The van der Waals surface area contributed by atoms with Crippen LogP contribution in [0.15, 0.2) is 63.2 Å². The molecule has 7 nitrogen and oxygen atoms in total. The number of aromatic nitrogens is 3. The van der Waals surface area contributed by atoms with Crippen LogP contribution < -0.4 is 15.4 Å². The summed E-state index contributed by atoms with van der Waals surface area (Å²) in [6.07, 6.45) is 2.21. The van der Waals surface area contributed by atoms with Crippen LogP contribution in [0, 0.1) is 0 Å². The minimum atomic E-state index is -0.554. The van der Waals surface area contributed by atoms with Crippen molar-refractivity contribution in [1.29, 1.82) is 0 Å². The van der Waals surface area contributed by atoms with E-state index in [9.17, 15) is 4.79 Å². The van der Waals surface area contributed by atoms with Gasteiger partial charge < -0.3 is 9.64 Å². The predicted molar refractivity (Wildman–Crippen MR) is 123 cm³/mol. The highest BCUT2D eigenvalue weighted by molar-refractivity contribution is 7.14. The van der Waals surface area contributed by atoms with Crippen LogP contribution in [-0.2, 0) is 6.54 Å². The summed E-state index contributed by atoms with van der Waals surface area (Å²) in [6, 6.07) is 15.9. The Morgan fingerprint density at radius 3 is 2.48 bits per heavy atom. The lowest BCUT2D eigenvalue weighted by Gasteiger charge is -2.22. The number of aromatic amines is 1. The van der Waals surface area contributed by atoms with Gasteiger partial charge in [-0.3, -0.25) is 9.51 Å². The van der Waals surface area contributed by atoms with Crippen molar-refractivity contribution in [3.05, 3.63) is 70.0 Å². The van der Waals surface area contributed by atoms with Gasteiger partial charge in [-0.25, -0.2) is 9.78 Å². The molecule has 2 aromatic carbocycles. The van der Waals surface area contributed by atoms with Gasteiger partial charge in [0.25, 0.3) is 0 Å². The summed E-state index contributed by atoms with van der Waals surface area (Å²) in [6.45, 7) is 3.88. The third-order valence-corrected chi connectivity index (χ3v) is 5.87. The molecule has 0 radical (unpaired) electrons. The topological polar surface area (TPSA) is 84.3 Å². The number of benzene rings is 2. The van der Waals surface area contributed by atoms with Gasteiger partial charge in [0.2, 0.25) is 0 Å². The van der Waals surface area contributed by atoms with Crippen LogP contribution in [0.5, 0.6) is 5.75 Å². The Balaban J connectivity index is 1.52. The smallest absolute Gasteiger partial charge is 0.439 e. The van der Waals surface area contributed by atoms with E-state index in [4.69, 9.17) is 9.72 Å². The highest BCUT2D eigenvalue weighted by Crippen LogP contribution is 2.30. The molecule has 2 heterocycles. The predicted octanol–water partition coefficient (Wildman–Crippen LogP) is 4.97. The Kier molecular flexibility index (Phi) is 6.47. The van der Waals surface area contributed by atoms with Crippen LogP contribution in [0.3, 0.4) is 0 Å². The van der Waals surface area contributed by atoms with E-state index in [1.807, 2.05) is 48.5 Å². The molecule has 2 aromatic heterocycles. The van der Waals surface area contributed by atoms with Gasteiger partial charge in [-0.15, -0.1) is 11.3 Å². The molecule has 0 unspecified atom stereocenters. The van der Waals surface area contributed by atoms with Crippen molar-refractivity contribution in [2.45, 2.75) is 26.3 Å². The van der Waals surface area contributed by atoms with Crippen LogP contribution in [0.4, 0.5) is 5.13 Å². The summed E-state index contributed by atoms with van der Waals surface area (Å²) in [7, 11) is 1.67. The molecule has 0 saturated carbocycles. The maximum Gasteiger partial charge on any atom is 0.439 e. The molecule has 0 amide bonds. The monoisotopic (exact) mass is 436 g/mol. The number of nitrogens with zero attached hydrogens (tertiary/aromatic N) is 3. The number of rotatable bonds is 9. The van der Waals surface area contributed by atoms with Crippen molar-refractivity contribution < 1.29 is 9.26 Å². The quantitative estimate of drug-likeness (QED) is 0.399. The number of nitrogens with one attached hydrogen (secondary N) is 1. The number of hydrogen-bond donors (Lipinski definition) is 1. The fourth-order valence-electron chi connectivity index (χ4n) is 3.24. The van der Waals surface area contributed by atoms with E-state index in [2.05, 4.69) is 31.9 Å². The van der Waals surface area contributed by atoms with E-state index >= 15 is 0 Å². The molecule has 4 aromatic rings. The Bertz CT molecular complexity index is 1160. The summed E-state index contributed by atoms with van der Waals surface area (Å²) >= 11 is 1.66. The molecular weight excluding hydrogens is 412 g/mol. The molecule has 0 bridgehead atoms. The molecule has 0 atom stereocenters. The van der Waals surface area contributed by atoms with Gasteiger partial charge in [0, 0.05) is 29.6 Å². The Morgan fingerprint density at radius 2 is 1.84 bits per heavy atom. The van der Waals surface area contributed by atoms with Crippen molar-refractivity contribution in [1.82, 2.24) is 15.1 Å². The fraction of sp³-hybridized carbons (Fsp3) is 0.261. The van der Waals surface area contributed by atoms with E-state index in [1.54, 1.807) is 18.4 Å². The molecule has 0 saturated heterocycles. The van der Waals surface area contributed by atoms with Gasteiger partial charge in [0.1, 0.15) is 5.75 Å². The third-order valence-electron chi connectivity index (χ3n) is 4.97. The molecule has 0 aliphatic rings. The molecule has 160 valence electrons. The third kappa shape index (κ3) is 5.03. The van der Waals surface area contributed by atoms with Gasteiger partial charge in [-0.05, 0) is 36.2 Å². The highest BCUT2D eigenvalue weighted by Gasteiger charge is 2.13. The van der Waals surface area contributed by atoms with Crippen molar-refractivity contribution in [3.63, 3.8) is 0 Å². The lowest BCUT2D eigenvalue weighted by atomic mass is 10.1. The second-order valence-electron chi connectivity index (χ2n) is 7.16. The van der Waals surface area contributed by atoms with Crippen LogP contribution in [-0.4, -0.2) is 28.8 Å². The largest absolute Gasteiger partial charge is 0.497 e. The first-order valence-corrected chi connectivity index (χ1v) is 11.0. The second-order valence-corrected chi connectivity index (χ2v) is 8.00. The van der Waals surface area contributed by atoms with Crippen molar-refractivity contribution in [3.8, 4) is 28.4 Å². The minimum Gasteiger partial charge on any atom is -0.497 e. The van der Waals surface area contributed by atoms with Gasteiger partial charge in [0.15, 0.2) is 11.0 Å². The van der Waals surface area contributed by atoms with E-state index in [-0.39, 0.29) is 0 Å². The van der Waals surface area contributed by atoms with Crippen molar-refractivity contribution in [2.75, 3.05) is 18.6 Å². The van der Waals surface area contributed by atoms with Gasteiger partial charge in [-0.1, -0.05) is 42.8 Å². The Hall–Kier alpha value is -3.39. The average Bonchev–Trinajstić information content (AvgIpc) is 3.47. The lowest BCUT2D eigenvalue weighted by Crippen LogP contribution is -2.23. The minimum absolute atomic E-state index is 0.434. The standard InChI is InChI=1S/C23H24N4O3S/c1-3-4-13-27(14-16-5-7-18(8-6-16)21-25-23(28)30-26-21)22-24-20(15-31-22)17-9-11-19(29-2)12-10-17/h5-12,15H,3-4,13-14H2,1-2H3,(H,25,26,28). The van der Waals surface area contributed by atoms with Crippen LogP contribution >= 0.6 is 11.3 Å². The maximum absolute atomic E-state index is 11.2. The zero-order chi connectivity index (χ0) is 21.6. The van der Waals surface area contributed by atoms with Gasteiger partial charge >= 0.3 is 5.76 Å². The van der Waals surface area contributed by atoms with Crippen molar-refractivity contribution in [2.24, 2.45) is 0 Å². The first-order valence-electron chi connectivity index (χ1n) is 10.2. The molecule has 4 rings (SSSR count).